The van der Waals surface area contributed by atoms with Crippen LogP contribution in [-0.4, -0.2) is 58.7 Å². The molecular weight excluding hydrogens is 937 g/mol. The number of rotatable bonds is 11. The summed E-state index contributed by atoms with van der Waals surface area (Å²) in [7, 11) is 1.34. The Labute approximate surface area is 406 Å². The number of halogens is 3. The van der Waals surface area contributed by atoms with Crippen molar-refractivity contribution in [3.05, 3.63) is 68.6 Å². The number of hydrogen-bond donors (Lipinski definition) is 1. The zero-order valence-electron chi connectivity index (χ0n) is 30.8. The van der Waals surface area contributed by atoms with E-state index in [1.807, 2.05) is 74.2 Å². The Hall–Kier alpha value is 0.713. The van der Waals surface area contributed by atoms with Gasteiger partial charge in [-0.1, -0.05) is 78.7 Å². The molecule has 16 heteroatoms. The maximum atomic E-state index is 12.0. The fourth-order valence-corrected chi connectivity index (χ4v) is 4.28. The summed E-state index contributed by atoms with van der Waals surface area (Å²) in [5.41, 5.74) is 0.632. The molecule has 1 N–H and O–H groups in total. The smallest absolute Gasteiger partial charge is 1.00 e. The minimum absolute atomic E-state index is 0. The van der Waals surface area contributed by atoms with Crippen LogP contribution in [0, 0.1) is 0 Å². The molecule has 0 radical (unpaired) electrons. The van der Waals surface area contributed by atoms with Gasteiger partial charge < -0.3 is 30.9 Å². The first-order valence-electron chi connectivity index (χ1n) is 14.1. The van der Waals surface area contributed by atoms with E-state index in [-0.39, 0.29) is 166 Å². The summed E-state index contributed by atoms with van der Waals surface area (Å²) in [6.07, 6.45) is 0.261. The Morgan fingerprint density at radius 3 is 1.27 bits per heavy atom. The topological polar surface area (TPSA) is 166 Å². The number of carboxylic acids is 1. The minimum atomic E-state index is -0.929. The molecule has 2 aromatic carbocycles. The average Bonchev–Trinajstić information content (AvgIpc) is 2.96. The third kappa shape index (κ3) is 31.9. The predicted molar refractivity (Wildman–Crippen MR) is 192 cm³/mol. The summed E-state index contributed by atoms with van der Waals surface area (Å²) in [5.74, 6) is -2.60. The Balaban J connectivity index is -0.000000222. The number of methoxy groups -OCH3 is 1. The van der Waals surface area contributed by atoms with Crippen molar-refractivity contribution in [3.63, 3.8) is 0 Å². The number of hydrogen-bond acceptors (Lipinski definition) is 10. The molecule has 0 bridgehead atoms. The van der Waals surface area contributed by atoms with Crippen LogP contribution in [0.25, 0.3) is 0 Å². The van der Waals surface area contributed by atoms with Crippen molar-refractivity contribution >= 4 is 84.8 Å². The largest absolute Gasteiger partial charge is 1.00 e. The van der Waals surface area contributed by atoms with Crippen LogP contribution in [0.3, 0.4) is 0 Å². The normalized spacial score (nSPS) is 11.2. The van der Waals surface area contributed by atoms with Gasteiger partial charge in [0.15, 0.2) is 0 Å². The number of esters is 3. The third-order valence-electron chi connectivity index (χ3n) is 5.45. The molecule has 0 aliphatic carbocycles. The van der Waals surface area contributed by atoms with E-state index in [9.17, 15) is 19.2 Å². The van der Waals surface area contributed by atoms with E-state index in [1.165, 1.54) is 7.11 Å². The first kappa shape index (κ1) is 56.5. The molecule has 0 fully saturated rings. The van der Waals surface area contributed by atoms with Crippen molar-refractivity contribution in [3.8, 4) is 0 Å². The maximum absolute atomic E-state index is 12.0. The number of aliphatic carboxylic acids is 1. The first-order chi connectivity index (χ1) is 21.8. The molecule has 0 saturated heterocycles. The van der Waals surface area contributed by atoms with Gasteiger partial charge in [0.1, 0.15) is 11.2 Å². The van der Waals surface area contributed by atoms with Gasteiger partial charge in [0.25, 0.3) is 6.47 Å². The summed E-state index contributed by atoms with van der Waals surface area (Å²) in [5, 5.41) is 17.4. The average molecular weight is 983 g/mol. The van der Waals surface area contributed by atoms with Crippen LogP contribution in [0.5, 0.6) is 0 Å². The fourth-order valence-electron chi connectivity index (χ4n) is 3.75. The second-order valence-electron chi connectivity index (χ2n) is 11.6. The molecule has 2 aromatic rings. The van der Waals surface area contributed by atoms with Gasteiger partial charge in [0.05, 0.1) is 32.8 Å². The summed E-state index contributed by atoms with van der Waals surface area (Å²) in [6, 6.07) is 14.9. The molecular formula is C33H45Br2IK2O11. The summed E-state index contributed by atoms with van der Waals surface area (Å²) in [6.45, 7) is 10.6. The standard InChI is InChI=1S/C16H21BrO4.C15H19BrO4.CH3I.CH2O3.2K.H/c1-16(2,3)21-15(19)10-12(9-14(18)20-4)11-5-7-13(17)8-6-11;1-15(2,3)20-14(19)9-11(8-13(17)18)10-4-6-12(16)7-5-10;1-2;2-1-4-3;;;/h5-8,12H,9-10H2,1-4H3;4-7,11H,8-9H2,1-3H3,(H,17,18);1H3;1,3H;;;/q;;;;2*+1;-1/p-1/t12-;11-;;;;;/m00...../s1. The number of carbonyl (C=O) groups is 5. The molecule has 0 saturated carbocycles. The van der Waals surface area contributed by atoms with E-state index < -0.39 is 17.2 Å². The third-order valence-corrected chi connectivity index (χ3v) is 6.51. The van der Waals surface area contributed by atoms with Crippen LogP contribution < -0.4 is 108 Å². The Kier molecular flexibility index (Phi) is 35.8. The van der Waals surface area contributed by atoms with Gasteiger partial charge in [0, 0.05) is 20.8 Å². The molecule has 11 nitrogen and oxygen atoms in total. The molecule has 0 unspecified atom stereocenters. The molecule has 0 amide bonds. The zero-order valence-corrected chi connectivity index (χ0v) is 41.4. The van der Waals surface area contributed by atoms with Crippen LogP contribution in [0.15, 0.2) is 57.5 Å². The van der Waals surface area contributed by atoms with Crippen molar-refractivity contribution in [1.82, 2.24) is 0 Å². The van der Waals surface area contributed by atoms with Crippen LogP contribution >= 0.6 is 54.5 Å². The van der Waals surface area contributed by atoms with Crippen LogP contribution in [0.4, 0.5) is 0 Å². The summed E-state index contributed by atoms with van der Waals surface area (Å²) >= 11 is 8.84. The second-order valence-corrected chi connectivity index (χ2v) is 13.5. The Morgan fingerprint density at radius 2 is 1.02 bits per heavy atom. The van der Waals surface area contributed by atoms with Gasteiger partial charge in [-0.25, -0.2) is 0 Å². The van der Waals surface area contributed by atoms with Gasteiger partial charge >= 0.3 is 127 Å². The van der Waals surface area contributed by atoms with E-state index >= 15 is 0 Å². The van der Waals surface area contributed by atoms with Crippen LogP contribution in [0.2, 0.25) is 0 Å². The summed E-state index contributed by atoms with van der Waals surface area (Å²) in [4.78, 5) is 59.6. The molecule has 266 valence electrons. The van der Waals surface area contributed by atoms with E-state index in [1.54, 1.807) is 20.8 Å². The van der Waals surface area contributed by atoms with Crippen molar-refractivity contribution in [2.24, 2.45) is 0 Å². The Morgan fingerprint density at radius 1 is 0.735 bits per heavy atom. The molecule has 0 aromatic heterocycles. The predicted octanol–water partition coefficient (Wildman–Crippen LogP) is 1.17. The van der Waals surface area contributed by atoms with Crippen molar-refractivity contribution in [1.29, 1.82) is 0 Å². The monoisotopic (exact) mass is 980 g/mol. The van der Waals surface area contributed by atoms with Crippen LogP contribution in [0.1, 0.15) is 91.6 Å². The Bertz CT molecular complexity index is 1240. The molecule has 0 spiro atoms. The van der Waals surface area contributed by atoms with Gasteiger partial charge in [-0.05, 0) is 81.9 Å². The number of alkyl halides is 1. The van der Waals surface area contributed by atoms with Crippen molar-refractivity contribution in [2.75, 3.05) is 12.0 Å². The molecule has 49 heavy (non-hydrogen) atoms. The number of carboxylic acid groups (broad SMARTS) is 1. The molecule has 2 atom stereocenters. The van der Waals surface area contributed by atoms with E-state index in [0.29, 0.717) is 0 Å². The van der Waals surface area contributed by atoms with E-state index in [2.05, 4.69) is 59.3 Å². The summed E-state index contributed by atoms with van der Waals surface area (Å²) < 4.78 is 17.1. The van der Waals surface area contributed by atoms with Gasteiger partial charge in [-0.15, -0.1) is 0 Å². The van der Waals surface area contributed by atoms with Crippen molar-refractivity contribution in [2.45, 2.75) is 90.3 Å². The molecule has 0 aliphatic heterocycles. The fraction of sp³-hybridized carbons (Fsp3) is 0.485. The van der Waals surface area contributed by atoms with Gasteiger partial charge in [-0.2, -0.15) is 0 Å². The van der Waals surface area contributed by atoms with E-state index in [4.69, 9.17) is 29.4 Å². The number of ether oxygens (including phenoxy) is 3. The first-order valence-corrected chi connectivity index (χ1v) is 17.9. The van der Waals surface area contributed by atoms with Gasteiger partial charge in [0.2, 0.25) is 0 Å². The van der Waals surface area contributed by atoms with Gasteiger partial charge in [-0.3, -0.25) is 24.0 Å². The quantitative estimate of drug-likeness (QED) is 0.0503. The van der Waals surface area contributed by atoms with Crippen LogP contribution in [-0.2, 0) is 43.1 Å². The molecule has 0 aliphatic rings. The minimum Gasteiger partial charge on any atom is -1.00 e. The molecule has 0 heterocycles. The van der Waals surface area contributed by atoms with Crippen molar-refractivity contribution < 1.29 is 158 Å². The maximum Gasteiger partial charge on any atom is 1.00 e. The van der Waals surface area contributed by atoms with E-state index in [0.717, 1.165) is 20.1 Å². The SMILES string of the molecule is CC(C)(C)OC(=O)C[C@H](CC(=O)O)c1ccc(Br)cc1.CI.COC(=O)C[C@@H](CC(=O)OC(C)(C)C)c1ccc(Br)cc1.O=CO[O-].[H-].[K+].[K+]. The number of carbonyl (C=O) groups excluding carboxylic acids is 4. The zero-order chi connectivity index (χ0) is 36.8. The second kappa shape index (κ2) is 31.1. The molecule has 2 rings (SSSR count). The number of benzene rings is 2.